The monoisotopic (exact) mass is 465 g/mol. The number of aliphatic hydroxyl groups is 1. The van der Waals surface area contributed by atoms with Crippen molar-refractivity contribution in [2.45, 2.75) is 45.8 Å². The fraction of sp³-hybridized carbons (Fsp3) is 0.375. The van der Waals surface area contributed by atoms with Crippen LogP contribution in [0.2, 0.25) is 0 Å². The van der Waals surface area contributed by atoms with Crippen LogP contribution in [0.5, 0.6) is 0 Å². The van der Waals surface area contributed by atoms with Crippen LogP contribution >= 0.6 is 0 Å². The Kier molecular flexibility index (Phi) is 8.02. The number of nitrogens with one attached hydrogen (secondary N) is 1. The minimum absolute atomic E-state index is 0.00959. The molecule has 0 aliphatic heterocycles. The van der Waals surface area contributed by atoms with Crippen LogP contribution in [0.15, 0.2) is 48.5 Å². The lowest BCUT2D eigenvalue weighted by Crippen LogP contribution is -2.60. The van der Waals surface area contributed by atoms with Gasteiger partial charge in [-0.3, -0.25) is 14.4 Å². The predicted octanol–water partition coefficient (Wildman–Crippen LogP) is 3.77. The highest BCUT2D eigenvalue weighted by molar-refractivity contribution is 5.99. The lowest BCUT2D eigenvalue weighted by atomic mass is 9.92. The highest BCUT2D eigenvalue weighted by Gasteiger charge is 2.46. The number of alkyl halides is 2. The van der Waals surface area contributed by atoms with E-state index in [0.717, 1.165) is 0 Å². The summed E-state index contributed by atoms with van der Waals surface area (Å²) in [5, 5.41) is 12.3. The average molecular weight is 465 g/mol. The normalized spacial score (nSPS) is 14.3. The van der Waals surface area contributed by atoms with Crippen molar-refractivity contribution in [3.8, 4) is 11.1 Å². The molecule has 0 spiro atoms. The molecule has 0 heterocycles. The molecule has 0 saturated carbocycles. The summed E-state index contributed by atoms with van der Waals surface area (Å²) in [5.41, 5.74) is -3.09. The number of carbonyl (C=O) groups is 3. The molecule has 2 N–H and O–H groups in total. The van der Waals surface area contributed by atoms with E-state index < -0.39 is 53.6 Å². The Morgan fingerprint density at radius 2 is 1.58 bits per heavy atom. The maximum absolute atomic E-state index is 14.0. The van der Waals surface area contributed by atoms with Crippen LogP contribution in [0, 0.1) is 11.2 Å². The standard InChI is InChI=1S/C24H26F3NO5/c1-23(2,3)22(31)33-13-18(29)19(24(4,32)21(26)27)28-20(30)15-11-9-14(10-12-15)16-7-5-6-8-17(16)25/h5-12,19,21,32H,13H2,1-4H3,(H,28,30)/t19?,24-/m0/s1. The molecule has 2 aromatic carbocycles. The van der Waals surface area contributed by atoms with Crippen molar-refractivity contribution in [1.29, 1.82) is 0 Å². The summed E-state index contributed by atoms with van der Waals surface area (Å²) in [6.07, 6.45) is -3.38. The molecule has 2 aromatic rings. The molecule has 178 valence electrons. The minimum atomic E-state index is -3.38. The molecule has 1 unspecified atom stereocenters. The molecular weight excluding hydrogens is 439 g/mol. The molecule has 2 atom stereocenters. The molecule has 0 aliphatic rings. The third-order valence-electron chi connectivity index (χ3n) is 4.91. The van der Waals surface area contributed by atoms with Gasteiger partial charge in [0, 0.05) is 11.1 Å². The molecule has 2 rings (SSSR count). The Labute approximate surface area is 189 Å². The molecule has 0 aliphatic carbocycles. The summed E-state index contributed by atoms with van der Waals surface area (Å²) in [4.78, 5) is 37.1. The van der Waals surface area contributed by atoms with E-state index in [0.29, 0.717) is 18.1 Å². The number of rotatable bonds is 8. The first-order valence-electron chi connectivity index (χ1n) is 10.1. The molecular formula is C24H26F3NO5. The zero-order valence-electron chi connectivity index (χ0n) is 18.7. The Morgan fingerprint density at radius 3 is 2.09 bits per heavy atom. The number of ether oxygens (including phenoxy) is 1. The maximum Gasteiger partial charge on any atom is 0.311 e. The quantitative estimate of drug-likeness (QED) is 0.579. The molecule has 0 aromatic heterocycles. The fourth-order valence-electron chi connectivity index (χ4n) is 2.83. The van der Waals surface area contributed by atoms with Gasteiger partial charge in [-0.1, -0.05) is 30.3 Å². The van der Waals surface area contributed by atoms with Gasteiger partial charge in [-0.05, 0) is 51.5 Å². The largest absolute Gasteiger partial charge is 0.457 e. The van der Waals surface area contributed by atoms with Crippen LogP contribution < -0.4 is 5.32 Å². The molecule has 6 nitrogen and oxygen atoms in total. The van der Waals surface area contributed by atoms with E-state index in [1.54, 1.807) is 32.9 Å². The average Bonchev–Trinajstić information content (AvgIpc) is 2.75. The zero-order valence-corrected chi connectivity index (χ0v) is 18.7. The number of hydrogen-bond donors (Lipinski definition) is 2. The van der Waals surface area contributed by atoms with E-state index >= 15 is 0 Å². The topological polar surface area (TPSA) is 92.7 Å². The number of esters is 1. The van der Waals surface area contributed by atoms with Gasteiger partial charge in [0.05, 0.1) is 5.41 Å². The first-order chi connectivity index (χ1) is 15.2. The van der Waals surface area contributed by atoms with Gasteiger partial charge in [-0.2, -0.15) is 0 Å². The summed E-state index contributed by atoms with van der Waals surface area (Å²) in [6, 6.07) is 9.54. The number of ketones is 1. The Balaban J connectivity index is 2.21. The highest BCUT2D eigenvalue weighted by Crippen LogP contribution is 2.24. The second kappa shape index (κ2) is 10.2. The first kappa shape index (κ1) is 26.1. The van der Waals surface area contributed by atoms with Gasteiger partial charge in [0.2, 0.25) is 0 Å². The van der Waals surface area contributed by atoms with Gasteiger partial charge >= 0.3 is 5.97 Å². The van der Waals surface area contributed by atoms with Crippen molar-refractivity contribution in [1.82, 2.24) is 5.32 Å². The number of amides is 1. The van der Waals surface area contributed by atoms with Crippen LogP contribution in [0.3, 0.4) is 0 Å². The van der Waals surface area contributed by atoms with Crippen molar-refractivity contribution in [2.24, 2.45) is 5.41 Å². The maximum atomic E-state index is 14.0. The smallest absolute Gasteiger partial charge is 0.311 e. The van der Waals surface area contributed by atoms with Gasteiger partial charge in [0.25, 0.3) is 12.3 Å². The Morgan fingerprint density at radius 1 is 1.00 bits per heavy atom. The second-order valence-corrected chi connectivity index (χ2v) is 8.78. The molecule has 0 radical (unpaired) electrons. The van der Waals surface area contributed by atoms with Gasteiger partial charge in [0.15, 0.2) is 12.4 Å². The molecule has 0 bridgehead atoms. The summed E-state index contributed by atoms with van der Waals surface area (Å²) in [7, 11) is 0. The lowest BCUT2D eigenvalue weighted by Gasteiger charge is -2.31. The number of Topliss-reactive ketones (excluding diaryl/α,β-unsaturated/α-hetero) is 1. The van der Waals surface area contributed by atoms with Gasteiger partial charge < -0.3 is 15.2 Å². The van der Waals surface area contributed by atoms with E-state index in [4.69, 9.17) is 4.74 Å². The van der Waals surface area contributed by atoms with Crippen LogP contribution in [0.4, 0.5) is 13.2 Å². The van der Waals surface area contributed by atoms with E-state index in [-0.39, 0.29) is 5.56 Å². The first-order valence-corrected chi connectivity index (χ1v) is 10.1. The van der Waals surface area contributed by atoms with Crippen molar-refractivity contribution >= 4 is 17.7 Å². The van der Waals surface area contributed by atoms with Gasteiger partial charge in [-0.15, -0.1) is 0 Å². The summed E-state index contributed by atoms with van der Waals surface area (Å²) in [6.45, 7) is 4.42. The third-order valence-corrected chi connectivity index (χ3v) is 4.91. The molecule has 0 saturated heterocycles. The number of benzene rings is 2. The minimum Gasteiger partial charge on any atom is -0.457 e. The Hall–Kier alpha value is -3.20. The number of carbonyl (C=O) groups excluding carboxylic acids is 3. The summed E-state index contributed by atoms with van der Waals surface area (Å²) >= 11 is 0. The van der Waals surface area contributed by atoms with Crippen molar-refractivity contribution in [2.75, 3.05) is 6.61 Å². The van der Waals surface area contributed by atoms with Crippen molar-refractivity contribution in [3.05, 3.63) is 59.9 Å². The third kappa shape index (κ3) is 6.41. The van der Waals surface area contributed by atoms with Crippen LogP contribution in [0.25, 0.3) is 11.1 Å². The van der Waals surface area contributed by atoms with Crippen LogP contribution in [-0.4, -0.2) is 47.4 Å². The Bertz CT molecular complexity index is 1010. The predicted molar refractivity (Wildman–Crippen MR) is 115 cm³/mol. The van der Waals surface area contributed by atoms with Crippen molar-refractivity contribution in [3.63, 3.8) is 0 Å². The highest BCUT2D eigenvalue weighted by atomic mass is 19.3. The number of halogens is 3. The SMILES string of the molecule is CC(C)(C)C(=O)OCC(=O)C(NC(=O)c1ccc(-c2ccccc2F)cc1)[C@](C)(O)C(F)F. The molecule has 1 amide bonds. The zero-order chi connectivity index (χ0) is 25.0. The summed E-state index contributed by atoms with van der Waals surface area (Å²) < 4.78 is 45.7. The van der Waals surface area contributed by atoms with E-state index in [9.17, 15) is 32.7 Å². The van der Waals surface area contributed by atoms with E-state index in [2.05, 4.69) is 5.32 Å². The van der Waals surface area contributed by atoms with Gasteiger partial charge in [-0.25, -0.2) is 13.2 Å². The molecule has 9 heteroatoms. The van der Waals surface area contributed by atoms with Crippen LogP contribution in [-0.2, 0) is 14.3 Å². The summed E-state index contributed by atoms with van der Waals surface area (Å²) in [5.74, 6) is -3.23. The fourth-order valence-corrected chi connectivity index (χ4v) is 2.83. The molecule has 0 fully saturated rings. The lowest BCUT2D eigenvalue weighted by molar-refractivity contribution is -0.160. The van der Waals surface area contributed by atoms with E-state index in [1.165, 1.54) is 36.4 Å². The van der Waals surface area contributed by atoms with Gasteiger partial charge in [0.1, 0.15) is 17.5 Å². The molecule has 33 heavy (non-hydrogen) atoms. The second-order valence-electron chi connectivity index (χ2n) is 8.78. The number of hydrogen-bond acceptors (Lipinski definition) is 5. The van der Waals surface area contributed by atoms with Crippen molar-refractivity contribution < 1.29 is 37.4 Å². The van der Waals surface area contributed by atoms with Crippen LogP contribution in [0.1, 0.15) is 38.1 Å². The van der Waals surface area contributed by atoms with E-state index in [1.807, 2.05) is 0 Å².